The molecule has 0 bridgehead atoms. The average Bonchev–Trinajstić information content (AvgIpc) is 3.11. The number of pyridine rings is 5. The van der Waals surface area contributed by atoms with Gasteiger partial charge in [-0.15, -0.1) is 35.9 Å². The van der Waals surface area contributed by atoms with Crippen molar-refractivity contribution in [2.24, 2.45) is 0 Å². The van der Waals surface area contributed by atoms with Crippen LogP contribution in [0, 0.1) is 6.07 Å². The molecule has 45 heavy (non-hydrogen) atoms. The first kappa shape index (κ1) is 32.2. The Morgan fingerprint density at radius 3 is 1.36 bits per heavy atom. The third-order valence-corrected chi connectivity index (χ3v) is 6.13. The maximum Gasteiger partial charge on any atom is 1.00 e. The third-order valence-electron chi connectivity index (χ3n) is 6.13. The molecular weight excluding hydrogens is 655 g/mol. The van der Waals surface area contributed by atoms with Crippen LogP contribution in [0.25, 0.3) is 44.5 Å². The molecule has 0 aliphatic carbocycles. The maximum absolute atomic E-state index is 10.5. The van der Waals surface area contributed by atoms with Crippen LogP contribution in [-0.4, -0.2) is 37.9 Å². The molecule has 0 N–H and O–H groups in total. The molecule has 0 amide bonds. The van der Waals surface area contributed by atoms with Crippen molar-refractivity contribution in [3.8, 4) is 34.1 Å². The number of hydrogen-bond donors (Lipinski definition) is 0. The zero-order valence-corrected chi connectivity index (χ0v) is 25.3. The molecule has 1 radical (unpaired) electrons. The molecule has 0 saturated heterocycles. The summed E-state index contributed by atoms with van der Waals surface area (Å²) in [5.74, 6) is 0.797. The molecule has 10 heteroatoms. The van der Waals surface area contributed by atoms with Crippen molar-refractivity contribution in [2.45, 2.75) is 0 Å². The molecule has 7 rings (SSSR count). The number of carbonyl (C=O) groups is 2. The third kappa shape index (κ3) is 8.43. The average molecular weight is 680 g/mol. The van der Waals surface area contributed by atoms with Gasteiger partial charge >= 0.3 is 19.5 Å². The van der Waals surface area contributed by atoms with Crippen molar-refractivity contribution in [3.05, 3.63) is 140 Å². The number of hydrogen-bond acceptors (Lipinski definition) is 9. The molecule has 0 aliphatic rings. The molecule has 5 aromatic heterocycles. The van der Waals surface area contributed by atoms with E-state index >= 15 is 0 Å². The fourth-order valence-corrected chi connectivity index (χ4v) is 4.19. The Kier molecular flexibility index (Phi) is 12.0. The summed E-state index contributed by atoms with van der Waals surface area (Å²) in [6.45, 7) is 0.719. The van der Waals surface area contributed by atoms with Gasteiger partial charge in [0.2, 0.25) is 0 Å². The van der Waals surface area contributed by atoms with Crippen LogP contribution in [0.3, 0.4) is 0 Å². The van der Waals surface area contributed by atoms with Crippen LogP contribution in [0.1, 0.15) is 0 Å². The van der Waals surface area contributed by atoms with E-state index in [9.17, 15) is 9.59 Å². The van der Waals surface area contributed by atoms with Crippen LogP contribution in [0.2, 0.25) is 0 Å². The summed E-state index contributed by atoms with van der Waals surface area (Å²) in [5.41, 5.74) is 4.98. The quantitative estimate of drug-likeness (QED) is 0.0836. The Labute approximate surface area is 271 Å². The summed E-state index contributed by atoms with van der Waals surface area (Å²) in [7, 11) is 0. The van der Waals surface area contributed by atoms with Crippen molar-refractivity contribution >= 4 is 34.8 Å². The zero-order valence-electron chi connectivity index (χ0n) is 23.6. The van der Waals surface area contributed by atoms with Crippen LogP contribution in [0.5, 0.6) is 11.5 Å². The topological polar surface area (TPSA) is 117 Å². The van der Waals surface area contributed by atoms with E-state index in [2.05, 4.69) is 31.0 Å². The second kappa shape index (κ2) is 16.8. The molecule has 7 aromatic rings. The maximum atomic E-state index is 10.5. The Bertz CT molecular complexity index is 1730. The predicted octanol–water partition coefficient (Wildman–Crippen LogP) is 6.54. The van der Waals surface area contributed by atoms with Gasteiger partial charge in [-0.3, -0.25) is 29.5 Å². The van der Waals surface area contributed by atoms with Crippen molar-refractivity contribution in [1.29, 1.82) is 0 Å². The fourth-order valence-electron chi connectivity index (χ4n) is 4.19. The van der Waals surface area contributed by atoms with Gasteiger partial charge in [0.15, 0.2) is 0 Å². The van der Waals surface area contributed by atoms with Gasteiger partial charge in [0, 0.05) is 41.8 Å². The Morgan fingerprint density at radius 1 is 0.489 bits per heavy atom. The van der Waals surface area contributed by atoms with Gasteiger partial charge in [0.25, 0.3) is 12.9 Å². The molecule has 0 atom stereocenters. The summed E-state index contributed by atoms with van der Waals surface area (Å²) in [5, 5.41) is 1.31. The van der Waals surface area contributed by atoms with E-state index in [-0.39, 0.29) is 19.5 Å². The van der Waals surface area contributed by atoms with E-state index in [1.54, 1.807) is 42.9 Å². The number of fused-ring (bicyclic) bond motifs is 3. The summed E-state index contributed by atoms with van der Waals surface area (Å²) >= 11 is 0. The molecule has 0 aliphatic heterocycles. The molecule has 2 aromatic carbocycles. The largest absolute Gasteiger partial charge is 1.00 e. The van der Waals surface area contributed by atoms with Gasteiger partial charge < -0.3 is 14.5 Å². The van der Waals surface area contributed by atoms with Gasteiger partial charge in [-0.2, -0.15) is 0 Å². The van der Waals surface area contributed by atoms with Crippen molar-refractivity contribution in [1.82, 2.24) is 24.9 Å². The molecule has 0 fully saturated rings. The Morgan fingerprint density at radius 2 is 0.956 bits per heavy atom. The summed E-state index contributed by atoms with van der Waals surface area (Å²) in [6, 6.07) is 35.1. The van der Waals surface area contributed by atoms with Crippen molar-refractivity contribution in [3.63, 3.8) is 0 Å². The van der Waals surface area contributed by atoms with Gasteiger partial charge in [-0.1, -0.05) is 24.3 Å². The fraction of sp³-hybridized carbons (Fsp3) is 0. The van der Waals surface area contributed by atoms with E-state index in [0.717, 1.165) is 22.6 Å². The molecule has 0 spiro atoms. The molecule has 5 heterocycles. The van der Waals surface area contributed by atoms with Crippen LogP contribution in [0.15, 0.2) is 134 Å². The molecule has 221 valence electrons. The van der Waals surface area contributed by atoms with Gasteiger partial charge in [-0.25, -0.2) is 0 Å². The van der Waals surface area contributed by atoms with E-state index in [4.69, 9.17) is 9.47 Å². The van der Waals surface area contributed by atoms with Gasteiger partial charge in [-0.05, 0) is 60.3 Å². The van der Waals surface area contributed by atoms with Gasteiger partial charge in [0.05, 0.1) is 11.4 Å². The van der Waals surface area contributed by atoms with Crippen LogP contribution >= 0.6 is 0 Å². The minimum atomic E-state index is 0. The van der Waals surface area contributed by atoms with Crippen LogP contribution < -0.4 is 9.47 Å². The number of ether oxygens (including phenoxy) is 2. The number of rotatable bonds is 6. The van der Waals surface area contributed by atoms with E-state index in [0.29, 0.717) is 46.2 Å². The Hall–Kier alpha value is -5.73. The van der Waals surface area contributed by atoms with E-state index in [1.165, 1.54) is 12.4 Å². The van der Waals surface area contributed by atoms with E-state index in [1.807, 2.05) is 78.9 Å². The Balaban J connectivity index is 0.000000160. The number of aromatic nitrogens is 5. The second-order valence-corrected chi connectivity index (χ2v) is 8.83. The summed E-state index contributed by atoms with van der Waals surface area (Å²) < 4.78 is 9.82. The van der Waals surface area contributed by atoms with Gasteiger partial charge in [0.1, 0.15) is 22.5 Å². The number of benzene rings is 2. The monoisotopic (exact) mass is 680 g/mol. The first-order chi connectivity index (χ1) is 21.8. The minimum absolute atomic E-state index is 0. The first-order valence-corrected chi connectivity index (χ1v) is 13.4. The SMILES string of the molecule is O=COc1ccnc2c1ccc1c(OC=O)ccnc12.[Ru+].[c-]1ccccc1-c1ccccn1.c1ccc(-c2ccccn2)nc1. The standard InChI is InChI=1S/C14H8N2O4.C11H8N.C10H8N2.Ru/c17-7-19-11-3-5-15-13-9(11)1-2-10-12(20-8-18)4-6-16-14(10)13;1-2-6-10(7-3-1)11-8-4-5-9-12-11;1-3-7-11-9(5-1)10-6-2-4-8-12-10;/h1-8H;1-6,8-9H;1-8H;/q;-1;;+1. The van der Waals surface area contributed by atoms with Crippen molar-refractivity contribution < 1.29 is 38.5 Å². The smallest absolute Gasteiger partial charge is 0.428 e. The predicted molar refractivity (Wildman–Crippen MR) is 166 cm³/mol. The van der Waals surface area contributed by atoms with Crippen LogP contribution in [-0.2, 0) is 29.1 Å². The van der Waals surface area contributed by atoms with E-state index < -0.39 is 0 Å². The zero-order chi connectivity index (χ0) is 30.4. The summed E-state index contributed by atoms with van der Waals surface area (Å²) in [4.78, 5) is 42.1. The molecule has 9 nitrogen and oxygen atoms in total. The molecular formula is C35H24N5O4Ru. The molecule has 0 saturated carbocycles. The second-order valence-electron chi connectivity index (χ2n) is 8.83. The van der Waals surface area contributed by atoms with Crippen LogP contribution in [0.4, 0.5) is 0 Å². The summed E-state index contributed by atoms with van der Waals surface area (Å²) in [6.07, 6.45) is 8.37. The number of nitrogens with zero attached hydrogens (tertiary/aromatic N) is 5. The normalized spacial score (nSPS) is 9.78. The minimum Gasteiger partial charge on any atom is -0.428 e. The first-order valence-electron chi connectivity index (χ1n) is 13.4. The number of carbonyl (C=O) groups excluding carboxylic acids is 2. The van der Waals surface area contributed by atoms with Crippen molar-refractivity contribution in [2.75, 3.05) is 0 Å². The molecule has 0 unspecified atom stereocenters.